The van der Waals surface area contributed by atoms with Crippen molar-refractivity contribution < 1.29 is 9.59 Å². The number of rotatable bonds is 4. The van der Waals surface area contributed by atoms with E-state index >= 15 is 0 Å². The van der Waals surface area contributed by atoms with Gasteiger partial charge in [0.15, 0.2) is 0 Å². The molecule has 4 rings (SSSR count). The third kappa shape index (κ3) is 2.50. The van der Waals surface area contributed by atoms with Crippen molar-refractivity contribution in [3.8, 4) is 0 Å². The van der Waals surface area contributed by atoms with Crippen LogP contribution in [0.4, 0.5) is 5.69 Å². The standard InChI is InChI=1S/C21H23N3O2/c1-2-5-18-21(16-6-3-4-7-17(16)23-20(21)26)10-13-24(18)19(25)14-15-8-11-22-12-9-15/h3-4,6-9,11-12,18H,2,5,10,13-14H2,1H3,(H,23,26)/t18-,21+/m0/s1. The summed E-state index contributed by atoms with van der Waals surface area (Å²) in [6.07, 6.45) is 6.20. The first-order chi connectivity index (χ1) is 12.7. The fourth-order valence-electron chi connectivity index (χ4n) is 4.55. The van der Waals surface area contributed by atoms with E-state index in [0.717, 1.165) is 29.7 Å². The summed E-state index contributed by atoms with van der Waals surface area (Å²) >= 11 is 0. The van der Waals surface area contributed by atoms with Crippen LogP contribution in [0.25, 0.3) is 0 Å². The zero-order chi connectivity index (χ0) is 18.1. The van der Waals surface area contributed by atoms with Crippen molar-refractivity contribution in [2.24, 2.45) is 0 Å². The fraction of sp³-hybridized carbons (Fsp3) is 0.381. The van der Waals surface area contributed by atoms with Gasteiger partial charge in [0.25, 0.3) is 0 Å². The van der Waals surface area contributed by atoms with Gasteiger partial charge in [0.1, 0.15) is 0 Å². The average Bonchev–Trinajstić information content (AvgIpc) is 3.16. The Balaban J connectivity index is 1.67. The number of carbonyl (C=O) groups is 2. The first-order valence-corrected chi connectivity index (χ1v) is 9.26. The molecule has 1 N–H and O–H groups in total. The van der Waals surface area contributed by atoms with Crippen molar-refractivity contribution in [1.29, 1.82) is 0 Å². The highest BCUT2D eigenvalue weighted by atomic mass is 16.2. The Morgan fingerprint density at radius 1 is 1.27 bits per heavy atom. The van der Waals surface area contributed by atoms with Crippen molar-refractivity contribution in [2.75, 3.05) is 11.9 Å². The normalized spacial score (nSPS) is 24.0. The number of anilines is 1. The molecule has 0 saturated carbocycles. The highest BCUT2D eigenvalue weighted by Crippen LogP contribution is 2.49. The molecule has 0 bridgehead atoms. The van der Waals surface area contributed by atoms with E-state index in [-0.39, 0.29) is 17.9 Å². The van der Waals surface area contributed by atoms with Gasteiger partial charge in [-0.3, -0.25) is 14.6 Å². The Kier molecular flexibility index (Phi) is 4.23. The van der Waals surface area contributed by atoms with Crippen LogP contribution in [-0.4, -0.2) is 34.3 Å². The molecule has 0 radical (unpaired) electrons. The summed E-state index contributed by atoms with van der Waals surface area (Å²) in [5.74, 6) is 0.125. The number of nitrogens with one attached hydrogen (secondary N) is 1. The lowest BCUT2D eigenvalue weighted by Gasteiger charge is -2.34. The van der Waals surface area contributed by atoms with E-state index in [9.17, 15) is 9.59 Å². The predicted octanol–water partition coefficient (Wildman–Crippen LogP) is 2.92. The number of nitrogens with zero attached hydrogens (tertiary/aromatic N) is 2. The maximum absolute atomic E-state index is 13.0. The molecule has 2 aliphatic heterocycles. The van der Waals surface area contributed by atoms with Gasteiger partial charge >= 0.3 is 0 Å². The molecular formula is C21H23N3O2. The van der Waals surface area contributed by atoms with E-state index in [2.05, 4.69) is 17.2 Å². The number of likely N-dealkylation sites (tertiary alicyclic amines) is 1. The van der Waals surface area contributed by atoms with Crippen LogP contribution in [0.3, 0.4) is 0 Å². The maximum atomic E-state index is 13.0. The molecule has 0 unspecified atom stereocenters. The zero-order valence-corrected chi connectivity index (χ0v) is 14.9. The van der Waals surface area contributed by atoms with Crippen LogP contribution in [0.15, 0.2) is 48.8 Å². The summed E-state index contributed by atoms with van der Waals surface area (Å²) in [7, 11) is 0. The van der Waals surface area contributed by atoms with Crippen LogP contribution in [0, 0.1) is 0 Å². The summed E-state index contributed by atoms with van der Waals surface area (Å²) in [5.41, 5.74) is 2.28. The Morgan fingerprint density at radius 3 is 2.81 bits per heavy atom. The molecule has 5 heteroatoms. The van der Waals surface area contributed by atoms with E-state index in [4.69, 9.17) is 0 Å². The molecule has 1 saturated heterocycles. The van der Waals surface area contributed by atoms with Gasteiger partial charge in [-0.1, -0.05) is 31.5 Å². The number of carbonyl (C=O) groups excluding carboxylic acids is 2. The zero-order valence-electron chi connectivity index (χ0n) is 14.9. The smallest absolute Gasteiger partial charge is 0.237 e. The lowest BCUT2D eigenvalue weighted by Crippen LogP contribution is -2.49. The number of benzene rings is 1. The second kappa shape index (κ2) is 6.56. The lowest BCUT2D eigenvalue weighted by molar-refractivity contribution is -0.132. The maximum Gasteiger partial charge on any atom is 0.237 e. The van der Waals surface area contributed by atoms with E-state index in [0.29, 0.717) is 19.4 Å². The molecule has 0 aliphatic carbocycles. The van der Waals surface area contributed by atoms with E-state index in [1.807, 2.05) is 41.3 Å². The summed E-state index contributed by atoms with van der Waals surface area (Å²) in [4.78, 5) is 32.0. The van der Waals surface area contributed by atoms with Crippen molar-refractivity contribution >= 4 is 17.5 Å². The van der Waals surface area contributed by atoms with Gasteiger partial charge in [0.05, 0.1) is 17.9 Å². The predicted molar refractivity (Wildman–Crippen MR) is 99.7 cm³/mol. The summed E-state index contributed by atoms with van der Waals surface area (Å²) in [5, 5.41) is 3.04. The van der Waals surface area contributed by atoms with Crippen LogP contribution >= 0.6 is 0 Å². The molecule has 134 valence electrons. The van der Waals surface area contributed by atoms with Crippen LogP contribution in [0.1, 0.15) is 37.3 Å². The minimum absolute atomic E-state index is 0.0383. The topological polar surface area (TPSA) is 62.3 Å². The minimum atomic E-state index is -0.611. The van der Waals surface area contributed by atoms with Gasteiger partial charge in [-0.15, -0.1) is 0 Å². The van der Waals surface area contributed by atoms with Gasteiger partial charge in [-0.25, -0.2) is 0 Å². The van der Waals surface area contributed by atoms with Gasteiger partial charge in [-0.2, -0.15) is 0 Å². The number of fused-ring (bicyclic) bond motifs is 2. The van der Waals surface area contributed by atoms with Crippen LogP contribution in [0.5, 0.6) is 0 Å². The fourth-order valence-corrected chi connectivity index (χ4v) is 4.55. The first-order valence-electron chi connectivity index (χ1n) is 9.26. The van der Waals surface area contributed by atoms with Gasteiger partial charge in [-0.05, 0) is 42.2 Å². The largest absolute Gasteiger partial charge is 0.338 e. The second-order valence-electron chi connectivity index (χ2n) is 7.14. The highest BCUT2D eigenvalue weighted by Gasteiger charge is 2.58. The number of hydrogen-bond donors (Lipinski definition) is 1. The molecule has 2 aliphatic rings. The molecule has 2 amide bonds. The van der Waals surface area contributed by atoms with Crippen molar-refractivity contribution in [1.82, 2.24) is 9.88 Å². The van der Waals surface area contributed by atoms with Gasteiger partial charge in [0.2, 0.25) is 11.8 Å². The summed E-state index contributed by atoms with van der Waals surface area (Å²) < 4.78 is 0. The Bertz CT molecular complexity index is 836. The van der Waals surface area contributed by atoms with Crippen LogP contribution < -0.4 is 5.32 Å². The quantitative estimate of drug-likeness (QED) is 0.923. The molecule has 2 atom stereocenters. The SMILES string of the molecule is CCC[C@@H]1N(C(=O)Cc2ccncc2)CC[C@]12C(=O)Nc1ccccc12. The Morgan fingerprint density at radius 2 is 2.04 bits per heavy atom. The molecule has 1 fully saturated rings. The van der Waals surface area contributed by atoms with Gasteiger partial charge < -0.3 is 10.2 Å². The summed E-state index contributed by atoms with van der Waals surface area (Å²) in [6, 6.07) is 11.6. The Hall–Kier alpha value is -2.69. The number of pyridine rings is 1. The molecule has 2 aromatic rings. The molecule has 5 nitrogen and oxygen atoms in total. The number of para-hydroxylation sites is 1. The minimum Gasteiger partial charge on any atom is -0.338 e. The molecule has 26 heavy (non-hydrogen) atoms. The monoisotopic (exact) mass is 349 g/mol. The third-order valence-corrected chi connectivity index (χ3v) is 5.74. The molecular weight excluding hydrogens is 326 g/mol. The van der Waals surface area contributed by atoms with Gasteiger partial charge in [0, 0.05) is 24.6 Å². The second-order valence-corrected chi connectivity index (χ2v) is 7.14. The van der Waals surface area contributed by atoms with Crippen molar-refractivity contribution in [3.05, 3.63) is 59.9 Å². The van der Waals surface area contributed by atoms with Crippen LogP contribution in [0.2, 0.25) is 0 Å². The average molecular weight is 349 g/mol. The van der Waals surface area contributed by atoms with Crippen molar-refractivity contribution in [2.45, 2.75) is 44.1 Å². The molecule has 1 aromatic heterocycles. The first kappa shape index (κ1) is 16.8. The summed E-state index contributed by atoms with van der Waals surface area (Å²) in [6.45, 7) is 2.73. The van der Waals surface area contributed by atoms with E-state index < -0.39 is 5.41 Å². The van der Waals surface area contributed by atoms with Crippen LogP contribution in [-0.2, 0) is 21.4 Å². The molecule has 1 aromatic carbocycles. The number of amides is 2. The van der Waals surface area contributed by atoms with Crippen molar-refractivity contribution in [3.63, 3.8) is 0 Å². The third-order valence-electron chi connectivity index (χ3n) is 5.74. The number of hydrogen-bond acceptors (Lipinski definition) is 3. The highest BCUT2D eigenvalue weighted by molar-refractivity contribution is 6.07. The number of aromatic nitrogens is 1. The van der Waals surface area contributed by atoms with E-state index in [1.165, 1.54) is 0 Å². The molecule has 1 spiro atoms. The lowest BCUT2D eigenvalue weighted by atomic mass is 9.73. The molecule has 3 heterocycles. The Labute approximate surface area is 153 Å². The van der Waals surface area contributed by atoms with E-state index in [1.54, 1.807) is 12.4 Å².